The summed E-state index contributed by atoms with van der Waals surface area (Å²) in [4.78, 5) is 4.81. The van der Waals surface area contributed by atoms with E-state index in [4.69, 9.17) is 18.6 Å². The summed E-state index contributed by atoms with van der Waals surface area (Å²) in [6, 6.07) is 0. The van der Waals surface area contributed by atoms with Crippen LogP contribution in [0.25, 0.3) is 0 Å². The Balaban J connectivity index is 3.84. The number of phosphoric ester groups is 1. The van der Waals surface area contributed by atoms with Crippen LogP contribution in [-0.4, -0.2) is 19.8 Å². The standard InChI is InChI=1S/C18H39O5P/c1-4-7-9-11-13-15-17-21-24(19,23-20-6-3)22-18-16-14-12-10-8-5-2/h4-18H2,1-3H3. The van der Waals surface area contributed by atoms with E-state index in [1.54, 1.807) is 6.92 Å². The highest BCUT2D eigenvalue weighted by Gasteiger charge is 2.27. The summed E-state index contributed by atoms with van der Waals surface area (Å²) >= 11 is 0. The van der Waals surface area contributed by atoms with Crippen molar-refractivity contribution in [2.24, 2.45) is 0 Å². The van der Waals surface area contributed by atoms with Gasteiger partial charge in [0.1, 0.15) is 0 Å². The van der Waals surface area contributed by atoms with Crippen molar-refractivity contribution in [2.45, 2.75) is 97.8 Å². The van der Waals surface area contributed by atoms with Crippen LogP contribution in [0.3, 0.4) is 0 Å². The molecule has 0 aliphatic heterocycles. The van der Waals surface area contributed by atoms with Crippen molar-refractivity contribution in [3.8, 4) is 0 Å². The van der Waals surface area contributed by atoms with Crippen molar-refractivity contribution < 1.29 is 23.2 Å². The van der Waals surface area contributed by atoms with Gasteiger partial charge in [-0.2, -0.15) is 0 Å². The molecule has 0 unspecified atom stereocenters. The molecule has 6 heteroatoms. The first-order chi connectivity index (χ1) is 11.7. The Bertz CT molecular complexity index is 277. The molecule has 0 aliphatic carbocycles. The summed E-state index contributed by atoms with van der Waals surface area (Å²) in [5.74, 6) is 0. The zero-order valence-electron chi connectivity index (χ0n) is 16.1. The second-order valence-corrected chi connectivity index (χ2v) is 7.69. The minimum absolute atomic E-state index is 0.310. The molecule has 146 valence electrons. The highest BCUT2D eigenvalue weighted by atomic mass is 31.2. The molecule has 0 radical (unpaired) electrons. The van der Waals surface area contributed by atoms with Crippen LogP contribution in [0.5, 0.6) is 0 Å². The topological polar surface area (TPSA) is 54.0 Å². The van der Waals surface area contributed by atoms with E-state index in [0.29, 0.717) is 19.8 Å². The molecule has 0 amide bonds. The van der Waals surface area contributed by atoms with Gasteiger partial charge in [0.15, 0.2) is 0 Å². The van der Waals surface area contributed by atoms with E-state index in [2.05, 4.69) is 13.8 Å². The molecule has 0 saturated heterocycles. The lowest BCUT2D eigenvalue weighted by Crippen LogP contribution is -2.04. The number of hydrogen-bond donors (Lipinski definition) is 0. The van der Waals surface area contributed by atoms with Crippen molar-refractivity contribution in [2.75, 3.05) is 19.8 Å². The van der Waals surface area contributed by atoms with Crippen LogP contribution in [0.15, 0.2) is 0 Å². The molecule has 0 aromatic heterocycles. The van der Waals surface area contributed by atoms with Gasteiger partial charge in [0.05, 0.1) is 19.8 Å². The Kier molecular flexibility index (Phi) is 17.9. The lowest BCUT2D eigenvalue weighted by atomic mass is 10.1. The van der Waals surface area contributed by atoms with Crippen LogP contribution in [0.2, 0.25) is 0 Å². The molecule has 24 heavy (non-hydrogen) atoms. The molecule has 0 fully saturated rings. The molecule has 0 aromatic carbocycles. The van der Waals surface area contributed by atoms with E-state index in [9.17, 15) is 4.57 Å². The van der Waals surface area contributed by atoms with E-state index in [1.165, 1.54) is 51.4 Å². The Labute approximate surface area is 149 Å². The van der Waals surface area contributed by atoms with Crippen molar-refractivity contribution in [1.29, 1.82) is 0 Å². The average molecular weight is 366 g/mol. The SMILES string of the molecule is CCCCCCCCOP(=O)(OCCCCCCCC)OOCC. The monoisotopic (exact) mass is 366 g/mol. The summed E-state index contributed by atoms with van der Waals surface area (Å²) in [5.41, 5.74) is 0. The smallest absolute Gasteiger partial charge is 0.285 e. The Hall–Kier alpha value is 0.0700. The van der Waals surface area contributed by atoms with E-state index in [0.717, 1.165) is 25.7 Å². The summed E-state index contributed by atoms with van der Waals surface area (Å²) in [6.07, 6.45) is 13.8. The number of phosphoric acid groups is 1. The average Bonchev–Trinajstić information content (AvgIpc) is 2.58. The van der Waals surface area contributed by atoms with Gasteiger partial charge in [-0.3, -0.25) is 9.05 Å². The summed E-state index contributed by atoms with van der Waals surface area (Å²) in [7, 11) is -3.58. The van der Waals surface area contributed by atoms with Gasteiger partial charge in [-0.1, -0.05) is 78.1 Å². The second-order valence-electron chi connectivity index (χ2n) is 6.13. The van der Waals surface area contributed by atoms with Crippen LogP contribution in [-0.2, 0) is 23.2 Å². The highest BCUT2D eigenvalue weighted by molar-refractivity contribution is 7.48. The van der Waals surface area contributed by atoms with Crippen molar-refractivity contribution in [3.05, 3.63) is 0 Å². The number of unbranched alkanes of at least 4 members (excludes halogenated alkanes) is 10. The highest BCUT2D eigenvalue weighted by Crippen LogP contribution is 2.50. The lowest BCUT2D eigenvalue weighted by Gasteiger charge is -2.16. The zero-order chi connectivity index (χ0) is 17.9. The zero-order valence-corrected chi connectivity index (χ0v) is 17.0. The molecule has 0 rings (SSSR count). The molecular weight excluding hydrogens is 327 g/mol. The predicted octanol–water partition coefficient (Wildman–Crippen LogP) is 6.82. The minimum atomic E-state index is -3.58. The first-order valence-corrected chi connectivity index (χ1v) is 11.3. The molecule has 0 aliphatic rings. The minimum Gasteiger partial charge on any atom is -0.285 e. The third kappa shape index (κ3) is 15.6. The van der Waals surface area contributed by atoms with E-state index in [1.807, 2.05) is 0 Å². The van der Waals surface area contributed by atoms with Crippen molar-refractivity contribution >= 4 is 7.82 Å². The van der Waals surface area contributed by atoms with Gasteiger partial charge in [0.25, 0.3) is 0 Å². The second kappa shape index (κ2) is 17.9. The summed E-state index contributed by atoms with van der Waals surface area (Å²) < 4.78 is 28.1. The molecule has 0 bridgehead atoms. The summed E-state index contributed by atoms with van der Waals surface area (Å²) in [5, 5.41) is 0. The lowest BCUT2D eigenvalue weighted by molar-refractivity contribution is -0.222. The fourth-order valence-corrected chi connectivity index (χ4v) is 3.42. The third-order valence-electron chi connectivity index (χ3n) is 3.76. The van der Waals surface area contributed by atoms with Gasteiger partial charge in [-0.15, -0.1) is 4.67 Å². The van der Waals surface area contributed by atoms with Crippen LogP contribution in [0, 0.1) is 0 Å². The van der Waals surface area contributed by atoms with Crippen LogP contribution >= 0.6 is 7.82 Å². The molecule has 0 spiro atoms. The van der Waals surface area contributed by atoms with Gasteiger partial charge in [0.2, 0.25) is 0 Å². The first kappa shape index (κ1) is 24.1. The Morgan fingerprint density at radius 3 is 1.46 bits per heavy atom. The van der Waals surface area contributed by atoms with Crippen molar-refractivity contribution in [1.82, 2.24) is 0 Å². The quantitative estimate of drug-likeness (QED) is 0.109. The summed E-state index contributed by atoms with van der Waals surface area (Å²) in [6.45, 7) is 7.24. The van der Waals surface area contributed by atoms with Crippen molar-refractivity contribution in [3.63, 3.8) is 0 Å². The Morgan fingerprint density at radius 2 is 1.04 bits per heavy atom. The van der Waals surface area contributed by atoms with Crippen LogP contribution in [0.4, 0.5) is 0 Å². The van der Waals surface area contributed by atoms with Gasteiger partial charge in [-0.05, 0) is 19.8 Å². The third-order valence-corrected chi connectivity index (χ3v) is 5.04. The molecule has 0 aromatic rings. The Morgan fingerprint density at radius 1 is 0.625 bits per heavy atom. The van der Waals surface area contributed by atoms with Gasteiger partial charge < -0.3 is 0 Å². The van der Waals surface area contributed by atoms with Gasteiger partial charge in [-0.25, -0.2) is 9.45 Å². The van der Waals surface area contributed by atoms with E-state index < -0.39 is 7.82 Å². The largest absolute Gasteiger partial charge is 0.502 e. The van der Waals surface area contributed by atoms with Crippen LogP contribution in [0.1, 0.15) is 97.8 Å². The maximum atomic E-state index is 12.5. The van der Waals surface area contributed by atoms with E-state index >= 15 is 0 Å². The maximum absolute atomic E-state index is 12.5. The van der Waals surface area contributed by atoms with E-state index in [-0.39, 0.29) is 0 Å². The maximum Gasteiger partial charge on any atom is 0.502 e. The molecule has 0 N–H and O–H groups in total. The fourth-order valence-electron chi connectivity index (χ4n) is 2.32. The molecule has 0 heterocycles. The molecular formula is C18H39O5P. The fraction of sp³-hybridized carbons (Fsp3) is 1.00. The van der Waals surface area contributed by atoms with Gasteiger partial charge >= 0.3 is 7.82 Å². The number of hydrogen-bond acceptors (Lipinski definition) is 5. The van der Waals surface area contributed by atoms with Gasteiger partial charge in [0, 0.05) is 0 Å². The van der Waals surface area contributed by atoms with Crippen LogP contribution < -0.4 is 0 Å². The predicted molar refractivity (Wildman–Crippen MR) is 99.0 cm³/mol. The normalized spacial score (nSPS) is 12.0. The molecule has 0 saturated carbocycles. The number of rotatable bonds is 19. The first-order valence-electron chi connectivity index (χ1n) is 9.88. The molecule has 0 atom stereocenters. The molecule has 5 nitrogen and oxygen atoms in total.